The Hall–Kier alpha value is -1.68. The number of pyridine rings is 1. The van der Waals surface area contributed by atoms with Gasteiger partial charge in [0.2, 0.25) is 0 Å². The maximum absolute atomic E-state index is 13.4. The zero-order valence-electron chi connectivity index (χ0n) is 10.7. The van der Waals surface area contributed by atoms with Crippen molar-refractivity contribution in [2.24, 2.45) is 0 Å². The Morgan fingerprint density at radius 2 is 2.06 bits per heavy atom. The lowest BCUT2D eigenvalue weighted by atomic mass is 10.1. The lowest BCUT2D eigenvalue weighted by Gasteiger charge is -2.18. The number of hydrogen-bond donors (Lipinski definition) is 1. The highest BCUT2D eigenvalue weighted by molar-refractivity contribution is 5.84. The predicted molar refractivity (Wildman–Crippen MR) is 68.2 cm³/mol. The monoisotopic (exact) mass is 249 g/mol. The first kappa shape index (κ1) is 12.8. The minimum Gasteiger partial charge on any atom is -0.488 e. The third kappa shape index (κ3) is 2.96. The fourth-order valence-corrected chi connectivity index (χ4v) is 1.63. The summed E-state index contributed by atoms with van der Waals surface area (Å²) in [6.07, 6.45) is 0. The van der Waals surface area contributed by atoms with Gasteiger partial charge in [0.25, 0.3) is 0 Å². The van der Waals surface area contributed by atoms with E-state index in [2.05, 4.69) is 4.98 Å². The Morgan fingerprint density at radius 3 is 2.72 bits per heavy atom. The fourth-order valence-electron chi connectivity index (χ4n) is 1.63. The Kier molecular flexibility index (Phi) is 3.22. The van der Waals surface area contributed by atoms with Gasteiger partial charge in [0.05, 0.1) is 5.60 Å². The second-order valence-corrected chi connectivity index (χ2v) is 5.03. The second-order valence-electron chi connectivity index (χ2n) is 5.03. The van der Waals surface area contributed by atoms with Crippen molar-refractivity contribution in [3.8, 4) is 5.75 Å². The van der Waals surface area contributed by atoms with E-state index in [1.807, 2.05) is 13.0 Å². The molecule has 0 atom stereocenters. The van der Waals surface area contributed by atoms with Crippen LogP contribution in [0.1, 0.15) is 19.5 Å². The molecule has 1 N–H and O–H groups in total. The topological polar surface area (TPSA) is 42.4 Å². The van der Waals surface area contributed by atoms with Gasteiger partial charge in [-0.2, -0.15) is 0 Å². The smallest absolute Gasteiger partial charge is 0.148 e. The Morgan fingerprint density at radius 1 is 1.33 bits per heavy atom. The molecule has 1 aromatic carbocycles. The Bertz CT molecular complexity index is 576. The lowest BCUT2D eigenvalue weighted by Crippen LogP contribution is -2.28. The van der Waals surface area contributed by atoms with E-state index >= 15 is 0 Å². The number of ether oxygens (including phenoxy) is 1. The minimum absolute atomic E-state index is 0.0845. The summed E-state index contributed by atoms with van der Waals surface area (Å²) in [5.74, 6) is -0.0188. The molecule has 0 aliphatic heterocycles. The molecule has 0 aliphatic rings. The van der Waals surface area contributed by atoms with Crippen LogP contribution in [0.5, 0.6) is 5.75 Å². The molecule has 0 bridgehead atoms. The first-order valence-corrected chi connectivity index (χ1v) is 5.77. The molecule has 0 aliphatic carbocycles. The highest BCUT2D eigenvalue weighted by Gasteiger charge is 2.15. The maximum atomic E-state index is 13.4. The second kappa shape index (κ2) is 4.53. The lowest BCUT2D eigenvalue weighted by molar-refractivity contribution is 0.0289. The van der Waals surface area contributed by atoms with E-state index in [0.717, 1.165) is 5.69 Å². The van der Waals surface area contributed by atoms with Gasteiger partial charge in [-0.15, -0.1) is 0 Å². The van der Waals surface area contributed by atoms with Gasteiger partial charge in [-0.05, 0) is 32.9 Å². The van der Waals surface area contributed by atoms with Crippen LogP contribution < -0.4 is 4.74 Å². The van der Waals surface area contributed by atoms with Crippen molar-refractivity contribution in [2.75, 3.05) is 6.61 Å². The molecular formula is C14H16FNO2. The normalized spacial score (nSPS) is 11.8. The third-order valence-electron chi connectivity index (χ3n) is 2.44. The highest BCUT2D eigenvalue weighted by atomic mass is 19.1. The van der Waals surface area contributed by atoms with E-state index in [1.165, 1.54) is 12.1 Å². The van der Waals surface area contributed by atoms with Gasteiger partial charge in [0, 0.05) is 17.1 Å². The van der Waals surface area contributed by atoms with Gasteiger partial charge in [0.15, 0.2) is 0 Å². The van der Waals surface area contributed by atoms with Crippen LogP contribution in [-0.2, 0) is 0 Å². The molecule has 96 valence electrons. The summed E-state index contributed by atoms with van der Waals surface area (Å²) in [5.41, 5.74) is 0.477. The molecule has 3 nitrogen and oxygen atoms in total. The number of aryl methyl sites for hydroxylation is 1. The molecular weight excluding hydrogens is 233 g/mol. The van der Waals surface area contributed by atoms with Crippen LogP contribution in [0.2, 0.25) is 0 Å². The van der Waals surface area contributed by atoms with Crippen LogP contribution in [0.3, 0.4) is 0 Å². The van der Waals surface area contributed by atoms with E-state index < -0.39 is 5.60 Å². The average Bonchev–Trinajstić information content (AvgIpc) is 2.25. The maximum Gasteiger partial charge on any atom is 0.148 e. The molecule has 18 heavy (non-hydrogen) atoms. The summed E-state index contributed by atoms with van der Waals surface area (Å²) in [4.78, 5) is 4.34. The average molecular weight is 249 g/mol. The molecule has 0 fully saturated rings. The zero-order chi connectivity index (χ0) is 13.3. The molecule has 0 saturated carbocycles. The summed E-state index contributed by atoms with van der Waals surface area (Å²) in [7, 11) is 0. The molecule has 0 radical (unpaired) electrons. The highest BCUT2D eigenvalue weighted by Crippen LogP contribution is 2.26. The standard InChI is InChI=1S/C14H16FNO2/c1-9-4-5-10-6-11(15)7-12(13(10)16-9)18-8-14(2,3)17/h4-7,17H,8H2,1-3H3. The Labute approximate surface area is 105 Å². The number of rotatable bonds is 3. The first-order chi connectivity index (χ1) is 8.35. The van der Waals surface area contributed by atoms with Crippen LogP contribution in [0.15, 0.2) is 24.3 Å². The van der Waals surface area contributed by atoms with Crippen LogP contribution in [-0.4, -0.2) is 22.3 Å². The molecule has 0 spiro atoms. The van der Waals surface area contributed by atoms with Crippen molar-refractivity contribution >= 4 is 10.9 Å². The molecule has 0 amide bonds. The fraction of sp³-hybridized carbons (Fsp3) is 0.357. The largest absolute Gasteiger partial charge is 0.488 e. The van der Waals surface area contributed by atoms with E-state index in [9.17, 15) is 9.50 Å². The number of fused-ring (bicyclic) bond motifs is 1. The number of benzene rings is 1. The van der Waals surface area contributed by atoms with Crippen LogP contribution in [0.4, 0.5) is 4.39 Å². The van der Waals surface area contributed by atoms with Crippen LogP contribution in [0.25, 0.3) is 10.9 Å². The van der Waals surface area contributed by atoms with Gasteiger partial charge in [-0.25, -0.2) is 9.37 Å². The quantitative estimate of drug-likeness (QED) is 0.909. The van der Waals surface area contributed by atoms with E-state index in [4.69, 9.17) is 4.74 Å². The van der Waals surface area contributed by atoms with Gasteiger partial charge < -0.3 is 9.84 Å². The van der Waals surface area contributed by atoms with Gasteiger partial charge in [-0.1, -0.05) is 6.07 Å². The first-order valence-electron chi connectivity index (χ1n) is 5.77. The minimum atomic E-state index is -0.970. The van der Waals surface area contributed by atoms with Crippen LogP contribution in [0, 0.1) is 12.7 Å². The number of aromatic nitrogens is 1. The number of nitrogens with zero attached hydrogens (tertiary/aromatic N) is 1. The van der Waals surface area contributed by atoms with Gasteiger partial charge >= 0.3 is 0 Å². The van der Waals surface area contributed by atoms with Crippen LogP contribution >= 0.6 is 0 Å². The van der Waals surface area contributed by atoms with Crippen molar-refractivity contribution in [1.29, 1.82) is 0 Å². The summed E-state index contributed by atoms with van der Waals surface area (Å²) in [6.45, 7) is 5.21. The predicted octanol–water partition coefficient (Wildman–Crippen LogP) is 2.83. The van der Waals surface area contributed by atoms with Crippen molar-refractivity contribution in [2.45, 2.75) is 26.4 Å². The third-order valence-corrected chi connectivity index (χ3v) is 2.44. The molecule has 2 rings (SSSR count). The van der Waals surface area contributed by atoms with Crippen molar-refractivity contribution < 1.29 is 14.2 Å². The van der Waals surface area contributed by atoms with E-state index in [1.54, 1.807) is 19.9 Å². The molecule has 1 aromatic heterocycles. The number of hydrogen-bond acceptors (Lipinski definition) is 3. The molecule has 1 heterocycles. The summed E-state index contributed by atoms with van der Waals surface area (Å²) >= 11 is 0. The summed E-state index contributed by atoms with van der Waals surface area (Å²) < 4.78 is 18.9. The van der Waals surface area contributed by atoms with E-state index in [0.29, 0.717) is 16.7 Å². The van der Waals surface area contributed by atoms with Crippen molar-refractivity contribution in [3.05, 3.63) is 35.8 Å². The molecule has 4 heteroatoms. The summed E-state index contributed by atoms with van der Waals surface area (Å²) in [6, 6.07) is 6.33. The molecule has 2 aromatic rings. The van der Waals surface area contributed by atoms with Gasteiger partial charge in [-0.3, -0.25) is 0 Å². The van der Waals surface area contributed by atoms with Gasteiger partial charge in [0.1, 0.15) is 23.7 Å². The Balaban J connectivity index is 2.44. The van der Waals surface area contributed by atoms with Crippen molar-refractivity contribution in [1.82, 2.24) is 4.98 Å². The number of halogens is 1. The van der Waals surface area contributed by atoms with Crippen molar-refractivity contribution in [3.63, 3.8) is 0 Å². The zero-order valence-corrected chi connectivity index (χ0v) is 10.7. The SMILES string of the molecule is Cc1ccc2cc(F)cc(OCC(C)(C)O)c2n1. The van der Waals surface area contributed by atoms with E-state index in [-0.39, 0.29) is 12.4 Å². The molecule has 0 unspecified atom stereocenters. The number of aliphatic hydroxyl groups is 1. The molecule has 0 saturated heterocycles. The summed E-state index contributed by atoms with van der Waals surface area (Å²) in [5, 5.41) is 10.3.